The summed E-state index contributed by atoms with van der Waals surface area (Å²) >= 11 is 3.30. The minimum atomic E-state index is -0.340. The molecule has 6 heteroatoms. The van der Waals surface area contributed by atoms with Crippen LogP contribution in [0, 0.1) is 11.3 Å². The summed E-state index contributed by atoms with van der Waals surface area (Å²) in [5, 5.41) is 6.17. The molecule has 1 amide bonds. The third kappa shape index (κ3) is 2.31. The number of rotatable bonds is 2. The minimum absolute atomic E-state index is 0.0178. The number of H-pyrrole nitrogens is 1. The van der Waals surface area contributed by atoms with Crippen molar-refractivity contribution in [2.45, 2.75) is 25.7 Å². The maximum absolute atomic E-state index is 12.7. The highest BCUT2D eigenvalue weighted by Crippen LogP contribution is 2.44. The molecule has 0 aromatic carbocycles. The molecule has 2 aliphatic rings. The van der Waals surface area contributed by atoms with E-state index in [4.69, 9.17) is 0 Å². The molecule has 20 heavy (non-hydrogen) atoms. The number of carbonyl (C=O) groups is 1. The van der Waals surface area contributed by atoms with Gasteiger partial charge in [0.15, 0.2) is 0 Å². The fraction of sp³-hybridized carbons (Fsp3) is 0.571. The third-order valence-electron chi connectivity index (χ3n) is 4.61. The van der Waals surface area contributed by atoms with Crippen molar-refractivity contribution in [1.29, 1.82) is 0 Å². The molecule has 5 nitrogen and oxygen atoms in total. The largest absolute Gasteiger partial charge is 0.326 e. The summed E-state index contributed by atoms with van der Waals surface area (Å²) in [6.45, 7) is 1.62. The summed E-state index contributed by atoms with van der Waals surface area (Å²) in [5.41, 5.74) is -0.293. The average Bonchev–Trinajstić information content (AvgIpc) is 2.88. The van der Waals surface area contributed by atoms with Crippen LogP contribution in [0.3, 0.4) is 0 Å². The van der Waals surface area contributed by atoms with E-state index >= 15 is 0 Å². The summed E-state index contributed by atoms with van der Waals surface area (Å²) < 4.78 is 0.745. The summed E-state index contributed by atoms with van der Waals surface area (Å²) in [6, 6.07) is 1.65. The normalized spacial score (nSPS) is 28.9. The van der Waals surface area contributed by atoms with Crippen molar-refractivity contribution in [2.24, 2.45) is 11.3 Å². The third-order valence-corrected chi connectivity index (χ3v) is 5.06. The van der Waals surface area contributed by atoms with Gasteiger partial charge in [0.2, 0.25) is 5.91 Å². The number of nitrogens with one attached hydrogen (secondary N) is 3. The van der Waals surface area contributed by atoms with Crippen LogP contribution in [-0.2, 0) is 4.79 Å². The van der Waals surface area contributed by atoms with Gasteiger partial charge >= 0.3 is 0 Å². The molecule has 1 aliphatic carbocycles. The molecule has 1 aromatic rings. The quantitative estimate of drug-likeness (QED) is 0.769. The highest BCUT2D eigenvalue weighted by atomic mass is 79.9. The van der Waals surface area contributed by atoms with Crippen LogP contribution in [0.25, 0.3) is 0 Å². The lowest BCUT2D eigenvalue weighted by Crippen LogP contribution is -2.45. The van der Waals surface area contributed by atoms with Crippen molar-refractivity contribution >= 4 is 27.5 Å². The molecule has 1 saturated carbocycles. The van der Waals surface area contributed by atoms with Gasteiger partial charge in [-0.3, -0.25) is 9.59 Å². The zero-order valence-electron chi connectivity index (χ0n) is 11.2. The Kier molecular flexibility index (Phi) is 3.69. The van der Waals surface area contributed by atoms with E-state index in [1.807, 2.05) is 0 Å². The zero-order valence-corrected chi connectivity index (χ0v) is 12.8. The number of carbonyl (C=O) groups excluding carboxylic acids is 1. The molecule has 0 bridgehead atoms. The molecule has 0 spiro atoms. The van der Waals surface area contributed by atoms with E-state index in [1.165, 1.54) is 6.42 Å². The predicted octanol–water partition coefficient (Wildman–Crippen LogP) is 1.86. The zero-order chi connectivity index (χ0) is 14.2. The van der Waals surface area contributed by atoms with Crippen molar-refractivity contribution < 1.29 is 4.79 Å². The molecule has 1 saturated heterocycles. The van der Waals surface area contributed by atoms with Gasteiger partial charge in [-0.2, -0.15) is 0 Å². The minimum Gasteiger partial charge on any atom is -0.326 e. The molecule has 3 N–H and O–H groups in total. The number of pyridine rings is 1. The Labute approximate surface area is 125 Å². The molecule has 2 fully saturated rings. The highest BCUT2D eigenvalue weighted by molar-refractivity contribution is 9.10. The van der Waals surface area contributed by atoms with Crippen LogP contribution in [0.15, 0.2) is 21.5 Å². The van der Waals surface area contributed by atoms with Gasteiger partial charge in [-0.25, -0.2) is 0 Å². The Bertz CT molecular complexity index is 586. The molecule has 0 radical (unpaired) electrons. The van der Waals surface area contributed by atoms with Crippen LogP contribution in [-0.4, -0.2) is 24.0 Å². The van der Waals surface area contributed by atoms with E-state index in [0.717, 1.165) is 36.8 Å². The van der Waals surface area contributed by atoms with E-state index in [9.17, 15) is 9.59 Å². The molecule has 2 atom stereocenters. The van der Waals surface area contributed by atoms with Gasteiger partial charge < -0.3 is 15.6 Å². The SMILES string of the molecule is O=C(Nc1cc(Br)c[nH]c1=O)[C@@]12CCCC[C@H]1CNC2. The molecular weight excluding hydrogens is 322 g/mol. The number of halogens is 1. The van der Waals surface area contributed by atoms with Gasteiger partial charge in [0.25, 0.3) is 5.56 Å². The Morgan fingerprint density at radius 1 is 1.45 bits per heavy atom. The number of aromatic amines is 1. The van der Waals surface area contributed by atoms with Crippen molar-refractivity contribution in [3.05, 3.63) is 27.1 Å². The molecule has 1 aliphatic heterocycles. The fourth-order valence-corrected chi connectivity index (χ4v) is 3.83. The Balaban J connectivity index is 1.85. The Morgan fingerprint density at radius 3 is 3.15 bits per heavy atom. The van der Waals surface area contributed by atoms with Gasteiger partial charge in [-0.1, -0.05) is 12.8 Å². The number of amides is 1. The van der Waals surface area contributed by atoms with Gasteiger partial charge in [0, 0.05) is 17.2 Å². The van der Waals surface area contributed by atoms with Crippen molar-refractivity contribution in [3.8, 4) is 0 Å². The average molecular weight is 340 g/mol. The van der Waals surface area contributed by atoms with Crippen LogP contribution in [0.1, 0.15) is 25.7 Å². The number of fused-ring (bicyclic) bond motifs is 1. The van der Waals surface area contributed by atoms with Crippen LogP contribution < -0.4 is 16.2 Å². The van der Waals surface area contributed by atoms with Crippen LogP contribution in [0.2, 0.25) is 0 Å². The first-order chi connectivity index (χ1) is 9.62. The monoisotopic (exact) mass is 339 g/mol. The predicted molar refractivity (Wildman–Crippen MR) is 80.7 cm³/mol. The Hall–Kier alpha value is -1.14. The van der Waals surface area contributed by atoms with Crippen molar-refractivity contribution in [3.63, 3.8) is 0 Å². The van der Waals surface area contributed by atoms with Crippen LogP contribution in [0.5, 0.6) is 0 Å². The van der Waals surface area contributed by atoms with E-state index < -0.39 is 0 Å². The van der Waals surface area contributed by atoms with Crippen LogP contribution in [0.4, 0.5) is 5.69 Å². The molecule has 3 rings (SSSR count). The van der Waals surface area contributed by atoms with E-state index in [-0.39, 0.29) is 16.9 Å². The summed E-state index contributed by atoms with van der Waals surface area (Å²) in [4.78, 5) is 27.1. The second-order valence-corrected chi connectivity index (χ2v) is 6.66. The van der Waals surface area contributed by atoms with E-state index in [0.29, 0.717) is 11.6 Å². The second-order valence-electron chi connectivity index (χ2n) is 5.74. The first kappa shape index (κ1) is 13.8. The summed E-state index contributed by atoms with van der Waals surface area (Å²) in [5.74, 6) is 0.373. The van der Waals surface area contributed by atoms with Crippen LogP contribution >= 0.6 is 15.9 Å². The smallest absolute Gasteiger partial charge is 0.271 e. The van der Waals surface area contributed by atoms with E-state index in [2.05, 4.69) is 31.5 Å². The van der Waals surface area contributed by atoms with Gasteiger partial charge in [0.05, 0.1) is 5.41 Å². The van der Waals surface area contributed by atoms with Gasteiger partial charge in [-0.15, -0.1) is 0 Å². The fourth-order valence-electron chi connectivity index (χ4n) is 3.49. The maximum Gasteiger partial charge on any atom is 0.271 e. The standard InChI is InChI=1S/C14H18BrN3O2/c15-10-5-11(12(19)17-7-10)18-13(20)14-4-2-1-3-9(14)6-16-8-14/h5,7,9,16H,1-4,6,8H2,(H,17,19)(H,18,20)/t9-,14+/m0/s1. The number of aromatic nitrogens is 1. The molecule has 108 valence electrons. The second kappa shape index (κ2) is 5.33. The molecule has 2 heterocycles. The molecular formula is C14H18BrN3O2. The van der Waals surface area contributed by atoms with Gasteiger partial charge in [0.1, 0.15) is 5.69 Å². The number of hydrogen-bond donors (Lipinski definition) is 3. The van der Waals surface area contributed by atoms with Crippen molar-refractivity contribution in [1.82, 2.24) is 10.3 Å². The van der Waals surface area contributed by atoms with Gasteiger partial charge in [-0.05, 0) is 47.3 Å². The van der Waals surface area contributed by atoms with E-state index in [1.54, 1.807) is 12.3 Å². The molecule has 1 aromatic heterocycles. The Morgan fingerprint density at radius 2 is 2.30 bits per heavy atom. The first-order valence-corrected chi connectivity index (χ1v) is 7.81. The topological polar surface area (TPSA) is 74.0 Å². The number of hydrogen-bond acceptors (Lipinski definition) is 3. The lowest BCUT2D eigenvalue weighted by atomic mass is 9.67. The first-order valence-electron chi connectivity index (χ1n) is 7.02. The maximum atomic E-state index is 12.7. The van der Waals surface area contributed by atoms with Crippen molar-refractivity contribution in [2.75, 3.05) is 18.4 Å². The summed E-state index contributed by atoms with van der Waals surface area (Å²) in [6.07, 6.45) is 5.84. The number of anilines is 1. The lowest BCUT2D eigenvalue weighted by molar-refractivity contribution is -0.128. The lowest BCUT2D eigenvalue weighted by Gasteiger charge is -2.36. The highest BCUT2D eigenvalue weighted by Gasteiger charge is 2.49. The molecule has 0 unspecified atom stereocenters. The summed E-state index contributed by atoms with van der Waals surface area (Å²) in [7, 11) is 0.